The molecule has 0 saturated carbocycles. The minimum Gasteiger partial charge on any atom is -0.462 e. The number of esters is 4. The number of phosphoric ester groups is 2. The van der Waals surface area contributed by atoms with E-state index >= 15 is 0 Å². The molecule has 0 fully saturated rings. The zero-order chi connectivity index (χ0) is 84.5. The Balaban J connectivity index is 5.64. The summed E-state index contributed by atoms with van der Waals surface area (Å²) in [7, 11) is -10.1. The number of aliphatic hydroxyl groups excluding tert-OH is 1. The zero-order valence-electron chi connectivity index (χ0n) is 71.0. The first-order chi connectivity index (χ1) is 56.7. The molecule has 0 saturated heterocycles. The van der Waals surface area contributed by atoms with Crippen LogP contribution in [-0.4, -0.2) is 96.7 Å². The molecule has 0 heterocycles. The number of unbranched alkanes of at least 4 members (excludes halogenated alkanes) is 9. The van der Waals surface area contributed by atoms with Gasteiger partial charge in [-0.05, 0) is 193 Å². The quantitative estimate of drug-likeness (QED) is 0.0169. The highest BCUT2D eigenvalue weighted by atomic mass is 31.2. The Labute approximate surface area is 700 Å². The second-order valence-corrected chi connectivity index (χ2v) is 30.2. The molecule has 0 aromatic rings. The largest absolute Gasteiger partial charge is 0.472 e. The first kappa shape index (κ1) is 109. The SMILES string of the molecule is CC/C=C\C/C=C\C/C=C\C/C=C\C/C=C\C/C=C\CCC(=O)O[C@H](COC(=O)CCCCC/C=C\C/C=C\C/C=C\C/C=C\C/C=C\CC)COP(=O)(O)OC[C@@H](O)COP(=O)(O)OC[C@@H](COC(=O)CC/C=C\C/C=C\C/C=C\C/C=C\C/C=C\CCCCC)OC(=O)CCCCC/C=C\C/C=C\C/C=C\C/C=C\C/C=C\CC. The van der Waals surface area contributed by atoms with Crippen molar-refractivity contribution < 1.29 is 80.2 Å². The Morgan fingerprint density at radius 1 is 0.250 bits per heavy atom. The number of allylic oxidation sites excluding steroid dienone is 42. The fraction of sp³-hybridized carbons (Fsp3) is 0.526. The van der Waals surface area contributed by atoms with Crippen molar-refractivity contribution >= 4 is 39.5 Å². The molecule has 116 heavy (non-hydrogen) atoms. The van der Waals surface area contributed by atoms with Crippen LogP contribution in [0, 0.1) is 0 Å². The predicted octanol–water partition coefficient (Wildman–Crippen LogP) is 26.1. The molecule has 0 amide bonds. The highest BCUT2D eigenvalue weighted by Crippen LogP contribution is 2.45. The Bertz CT molecular complexity index is 3210. The van der Waals surface area contributed by atoms with Crippen LogP contribution in [0.15, 0.2) is 255 Å². The van der Waals surface area contributed by atoms with E-state index in [1.54, 1.807) is 0 Å². The van der Waals surface area contributed by atoms with E-state index in [1.807, 2.05) is 36.5 Å². The van der Waals surface area contributed by atoms with E-state index in [1.165, 1.54) is 19.3 Å². The first-order valence-electron chi connectivity index (χ1n) is 42.9. The van der Waals surface area contributed by atoms with Crippen molar-refractivity contribution in [3.63, 3.8) is 0 Å². The highest BCUT2D eigenvalue weighted by Gasteiger charge is 2.30. The number of carbonyl (C=O) groups is 4. The van der Waals surface area contributed by atoms with Gasteiger partial charge in [-0.15, -0.1) is 0 Å². The summed E-state index contributed by atoms with van der Waals surface area (Å²) in [5, 5.41) is 10.7. The molecule has 0 radical (unpaired) electrons. The summed E-state index contributed by atoms with van der Waals surface area (Å²) in [6, 6.07) is 0. The van der Waals surface area contributed by atoms with E-state index in [4.69, 9.17) is 37.0 Å². The monoisotopic (exact) mass is 1650 g/mol. The van der Waals surface area contributed by atoms with Gasteiger partial charge >= 0.3 is 39.5 Å². The first-order valence-corrected chi connectivity index (χ1v) is 45.9. The number of hydrogen-bond acceptors (Lipinski definition) is 15. The number of carbonyl (C=O) groups excluding carboxylic acids is 4. The zero-order valence-corrected chi connectivity index (χ0v) is 72.8. The van der Waals surface area contributed by atoms with Crippen LogP contribution in [0.25, 0.3) is 0 Å². The van der Waals surface area contributed by atoms with Gasteiger partial charge < -0.3 is 33.8 Å². The molecule has 5 atom stereocenters. The molecular weight excluding hydrogens is 1500 g/mol. The lowest BCUT2D eigenvalue weighted by Gasteiger charge is -2.21. The lowest BCUT2D eigenvalue weighted by molar-refractivity contribution is -0.161. The van der Waals surface area contributed by atoms with Crippen LogP contribution in [0.3, 0.4) is 0 Å². The van der Waals surface area contributed by atoms with Gasteiger partial charge in [-0.2, -0.15) is 0 Å². The van der Waals surface area contributed by atoms with E-state index < -0.39 is 97.5 Å². The lowest BCUT2D eigenvalue weighted by Crippen LogP contribution is -2.30. The van der Waals surface area contributed by atoms with Crippen LogP contribution < -0.4 is 0 Å². The summed E-state index contributed by atoms with van der Waals surface area (Å²) in [5.74, 6) is -2.48. The van der Waals surface area contributed by atoms with Crippen molar-refractivity contribution in [2.45, 2.75) is 290 Å². The Hall–Kier alpha value is -7.40. The van der Waals surface area contributed by atoms with Crippen molar-refractivity contribution in [2.24, 2.45) is 0 Å². The molecule has 17 nitrogen and oxygen atoms in total. The maximum absolute atomic E-state index is 13.2. The van der Waals surface area contributed by atoms with Crippen molar-refractivity contribution in [2.75, 3.05) is 39.6 Å². The van der Waals surface area contributed by atoms with Gasteiger partial charge in [0.05, 0.1) is 26.4 Å². The Morgan fingerprint density at radius 2 is 0.466 bits per heavy atom. The number of hydrogen-bond donors (Lipinski definition) is 3. The average Bonchev–Trinajstić information content (AvgIpc) is 0.898. The van der Waals surface area contributed by atoms with Crippen molar-refractivity contribution in [1.82, 2.24) is 0 Å². The molecule has 19 heteroatoms. The molecule has 2 unspecified atom stereocenters. The van der Waals surface area contributed by atoms with E-state index in [9.17, 15) is 43.2 Å². The van der Waals surface area contributed by atoms with Crippen LogP contribution in [0.5, 0.6) is 0 Å². The van der Waals surface area contributed by atoms with Crippen LogP contribution in [0.1, 0.15) is 272 Å². The minimum absolute atomic E-state index is 0.0162. The van der Waals surface area contributed by atoms with Crippen molar-refractivity contribution in [1.29, 1.82) is 0 Å². The summed E-state index contributed by atoms with van der Waals surface area (Å²) in [6.07, 6.45) is 114. The summed E-state index contributed by atoms with van der Waals surface area (Å²) in [6.45, 7) is 4.22. The third-order valence-electron chi connectivity index (χ3n) is 16.5. The van der Waals surface area contributed by atoms with Gasteiger partial charge in [0, 0.05) is 25.7 Å². The van der Waals surface area contributed by atoms with Gasteiger partial charge in [-0.1, -0.05) is 309 Å². The smallest absolute Gasteiger partial charge is 0.462 e. The summed E-state index contributed by atoms with van der Waals surface area (Å²) < 4.78 is 68.6. The number of ether oxygens (including phenoxy) is 4. The van der Waals surface area contributed by atoms with Crippen LogP contribution in [-0.2, 0) is 65.4 Å². The van der Waals surface area contributed by atoms with Crippen LogP contribution in [0.4, 0.5) is 0 Å². The van der Waals surface area contributed by atoms with Gasteiger partial charge in [0.2, 0.25) is 0 Å². The Morgan fingerprint density at radius 3 is 0.741 bits per heavy atom. The second-order valence-electron chi connectivity index (χ2n) is 27.3. The molecule has 0 bridgehead atoms. The normalized spacial score (nSPS) is 15.0. The number of rotatable bonds is 77. The third-order valence-corrected chi connectivity index (χ3v) is 18.4. The van der Waals surface area contributed by atoms with Gasteiger partial charge in [-0.25, -0.2) is 9.13 Å². The van der Waals surface area contributed by atoms with E-state index in [2.05, 4.69) is 246 Å². The van der Waals surface area contributed by atoms with E-state index in [0.717, 1.165) is 161 Å². The lowest BCUT2D eigenvalue weighted by atomic mass is 10.1. The fourth-order valence-corrected chi connectivity index (χ4v) is 11.7. The molecule has 0 spiro atoms. The average molecular weight is 1650 g/mol. The standard InChI is InChI=1S/C97H148O17P2/c1-5-9-13-17-21-25-29-33-37-41-45-49-53-57-61-65-69-73-77-81-94(99)107-87-92(113-96(101)83-79-75-71-67-63-59-55-51-47-43-39-35-31-27-23-19-15-11-7-3)89-111-115(103,104)109-85-91(98)86-110-116(105,106)112-90-93(114-97(102)84-80-76-72-68-64-60-56-52-48-44-40-36-32-28-24-20-16-12-8-4)88-108-95(100)82-78-74-70-66-62-58-54-50-46-42-38-34-30-26-22-18-14-10-6-2/h9,11-13,15-16,21-28,33-40,45-52,57-64,70-71,74-75,91-93,98H,5-8,10,14,17-20,29-32,41-44,53-56,65-69,72-73,76-90H2,1-4H3,(H,103,104)(H,105,106)/b13-9-,15-11-,16-12-,25-21-,26-22-,27-23-,28-24-,37-33-,38-34-,39-35-,40-36-,49-45-,50-46-,51-47-,52-48-,61-57-,62-58-,63-59-,64-60-,74-70-,75-71-/t91-,92-,93-/m1/s1. The van der Waals surface area contributed by atoms with Crippen LogP contribution >= 0.6 is 15.6 Å². The molecule has 0 aromatic carbocycles. The van der Waals surface area contributed by atoms with E-state index in [0.29, 0.717) is 38.5 Å². The van der Waals surface area contributed by atoms with Crippen molar-refractivity contribution in [3.8, 4) is 0 Å². The number of phosphoric acid groups is 2. The molecule has 0 aliphatic carbocycles. The fourth-order valence-electron chi connectivity index (χ4n) is 10.1. The minimum atomic E-state index is -5.04. The van der Waals surface area contributed by atoms with Crippen molar-refractivity contribution in [3.05, 3.63) is 255 Å². The molecule has 0 aliphatic rings. The maximum atomic E-state index is 13.2. The summed E-state index contributed by atoms with van der Waals surface area (Å²) in [4.78, 5) is 73.3. The van der Waals surface area contributed by atoms with Gasteiger partial charge in [0.25, 0.3) is 0 Å². The summed E-state index contributed by atoms with van der Waals surface area (Å²) in [5.41, 5.74) is 0. The van der Waals surface area contributed by atoms with Gasteiger partial charge in [-0.3, -0.25) is 37.3 Å². The number of aliphatic hydroxyl groups is 1. The topological polar surface area (TPSA) is 237 Å². The predicted molar refractivity (Wildman–Crippen MR) is 481 cm³/mol. The summed E-state index contributed by atoms with van der Waals surface area (Å²) >= 11 is 0. The molecule has 648 valence electrons. The van der Waals surface area contributed by atoms with Gasteiger partial charge in [0.15, 0.2) is 12.2 Å². The van der Waals surface area contributed by atoms with Gasteiger partial charge in [0.1, 0.15) is 19.3 Å². The molecule has 0 rings (SSSR count). The molecule has 0 aliphatic heterocycles. The molecular formula is C97H148O17P2. The highest BCUT2D eigenvalue weighted by molar-refractivity contribution is 7.47. The van der Waals surface area contributed by atoms with Crippen LogP contribution in [0.2, 0.25) is 0 Å². The maximum Gasteiger partial charge on any atom is 0.472 e. The van der Waals surface area contributed by atoms with E-state index in [-0.39, 0.29) is 25.7 Å². The second kappa shape index (κ2) is 85.5. The third kappa shape index (κ3) is 84.5. The molecule has 0 aromatic heterocycles. The molecule has 3 N–H and O–H groups in total. The Kier molecular flexibility index (Phi) is 80.0.